The second-order valence-corrected chi connectivity index (χ2v) is 9.59. The predicted octanol–water partition coefficient (Wildman–Crippen LogP) is 5.64. The van der Waals surface area contributed by atoms with Crippen LogP contribution >= 0.6 is 22.6 Å². The van der Waals surface area contributed by atoms with E-state index in [1.165, 1.54) is 6.08 Å². The summed E-state index contributed by atoms with van der Waals surface area (Å²) in [7, 11) is 0. The molecule has 196 valence electrons. The first kappa shape index (κ1) is 27.2. The van der Waals surface area contributed by atoms with E-state index < -0.39 is 17.8 Å². The van der Waals surface area contributed by atoms with Gasteiger partial charge in [-0.05, 0) is 97.0 Å². The third kappa shape index (κ3) is 6.16. The van der Waals surface area contributed by atoms with Gasteiger partial charge in [-0.1, -0.05) is 29.8 Å². The van der Waals surface area contributed by atoms with Gasteiger partial charge in [0, 0.05) is 0 Å². The maximum absolute atomic E-state index is 13.3. The maximum atomic E-state index is 13.3. The molecule has 1 saturated heterocycles. The van der Waals surface area contributed by atoms with E-state index in [1.807, 2.05) is 39.0 Å². The average molecular weight is 626 g/mol. The fraction of sp³-hybridized carbons (Fsp3) is 0.207. The first-order valence-corrected chi connectivity index (χ1v) is 13.2. The van der Waals surface area contributed by atoms with Crippen LogP contribution in [0.1, 0.15) is 30.5 Å². The van der Waals surface area contributed by atoms with E-state index in [1.54, 1.807) is 36.4 Å². The number of ether oxygens (including phenoxy) is 3. The molecule has 0 spiro atoms. The number of halogens is 1. The lowest BCUT2D eigenvalue weighted by molar-refractivity contribution is -0.122. The van der Waals surface area contributed by atoms with Gasteiger partial charge in [-0.3, -0.25) is 14.9 Å². The highest BCUT2D eigenvalue weighted by Gasteiger charge is 2.37. The smallest absolute Gasteiger partial charge is 0.335 e. The van der Waals surface area contributed by atoms with Crippen molar-refractivity contribution in [2.24, 2.45) is 0 Å². The Kier molecular flexibility index (Phi) is 8.67. The summed E-state index contributed by atoms with van der Waals surface area (Å²) in [6.45, 7) is 6.99. The van der Waals surface area contributed by atoms with Crippen LogP contribution in [0.3, 0.4) is 0 Å². The van der Waals surface area contributed by atoms with Crippen molar-refractivity contribution in [1.82, 2.24) is 5.32 Å². The highest BCUT2D eigenvalue weighted by molar-refractivity contribution is 14.1. The number of rotatable bonds is 9. The molecule has 1 N–H and O–H groups in total. The Hall–Kier alpha value is -3.86. The molecule has 0 saturated carbocycles. The Morgan fingerprint density at radius 2 is 1.66 bits per heavy atom. The number of anilines is 1. The molecule has 38 heavy (non-hydrogen) atoms. The van der Waals surface area contributed by atoms with Crippen molar-refractivity contribution < 1.29 is 28.6 Å². The summed E-state index contributed by atoms with van der Waals surface area (Å²) >= 11 is 2.14. The molecule has 0 unspecified atom stereocenters. The van der Waals surface area contributed by atoms with Crippen LogP contribution in [0.5, 0.6) is 17.2 Å². The molecular formula is C29H27IN2O6. The van der Waals surface area contributed by atoms with Crippen LogP contribution in [0.2, 0.25) is 0 Å². The number of imide groups is 2. The molecular weight excluding hydrogens is 599 g/mol. The van der Waals surface area contributed by atoms with Gasteiger partial charge >= 0.3 is 6.03 Å². The summed E-state index contributed by atoms with van der Waals surface area (Å²) in [6.07, 6.45) is 1.45. The Balaban J connectivity index is 1.63. The fourth-order valence-corrected chi connectivity index (χ4v) is 4.73. The first-order chi connectivity index (χ1) is 18.3. The second kappa shape index (κ2) is 12.1. The topological polar surface area (TPSA) is 94.2 Å². The van der Waals surface area contributed by atoms with Crippen LogP contribution in [-0.2, 0) is 16.2 Å². The van der Waals surface area contributed by atoms with Crippen LogP contribution in [0.25, 0.3) is 6.08 Å². The van der Waals surface area contributed by atoms with Gasteiger partial charge in [0.15, 0.2) is 11.5 Å². The van der Waals surface area contributed by atoms with E-state index >= 15 is 0 Å². The van der Waals surface area contributed by atoms with E-state index in [4.69, 9.17) is 14.2 Å². The Morgan fingerprint density at radius 1 is 0.921 bits per heavy atom. The van der Waals surface area contributed by atoms with Crippen molar-refractivity contribution in [3.8, 4) is 17.2 Å². The lowest BCUT2D eigenvalue weighted by Gasteiger charge is -2.26. The molecule has 1 heterocycles. The molecule has 1 aliphatic rings. The number of barbiturate groups is 1. The Labute approximate surface area is 234 Å². The number of nitrogens with zero attached hydrogens (tertiary/aromatic N) is 1. The summed E-state index contributed by atoms with van der Waals surface area (Å²) in [5, 5.41) is 2.25. The van der Waals surface area contributed by atoms with Crippen LogP contribution in [0.4, 0.5) is 10.5 Å². The number of urea groups is 1. The second-order valence-electron chi connectivity index (χ2n) is 8.43. The van der Waals surface area contributed by atoms with Crippen molar-refractivity contribution in [3.05, 3.63) is 86.5 Å². The molecule has 9 heteroatoms. The molecule has 4 rings (SSSR count). The lowest BCUT2D eigenvalue weighted by atomic mass is 10.1. The van der Waals surface area contributed by atoms with Gasteiger partial charge in [-0.2, -0.15) is 0 Å². The van der Waals surface area contributed by atoms with Crippen LogP contribution in [0, 0.1) is 10.5 Å². The molecule has 0 aliphatic carbocycles. The largest absolute Gasteiger partial charge is 0.494 e. The van der Waals surface area contributed by atoms with E-state index in [0.717, 1.165) is 19.6 Å². The minimum atomic E-state index is -0.814. The van der Waals surface area contributed by atoms with Crippen molar-refractivity contribution in [1.29, 1.82) is 0 Å². The minimum Gasteiger partial charge on any atom is -0.494 e. The standard InChI is InChI=1S/C29H27IN2O6/c1-4-36-22-11-9-21(10-12-22)32-28(34)23(27(33)31-29(32)35)14-20-15-24(30)26(25(16-20)37-5-2)38-17-19-8-6-7-18(3)13-19/h6-16H,4-5,17H2,1-3H3,(H,31,33,35)/b23-14+. The van der Waals surface area contributed by atoms with E-state index in [0.29, 0.717) is 48.3 Å². The van der Waals surface area contributed by atoms with Gasteiger partial charge in [0.2, 0.25) is 0 Å². The number of nitrogens with one attached hydrogen (secondary N) is 1. The molecule has 3 aromatic carbocycles. The zero-order chi connectivity index (χ0) is 27.2. The number of hydrogen-bond donors (Lipinski definition) is 1. The van der Waals surface area contributed by atoms with Crippen molar-refractivity contribution in [2.75, 3.05) is 18.1 Å². The first-order valence-electron chi connectivity index (χ1n) is 12.1. The molecule has 1 fully saturated rings. The average Bonchev–Trinajstić information content (AvgIpc) is 2.87. The third-order valence-corrected chi connectivity index (χ3v) is 6.42. The molecule has 0 atom stereocenters. The summed E-state index contributed by atoms with van der Waals surface area (Å²) in [5.74, 6) is 0.171. The normalized spacial score (nSPS) is 14.5. The van der Waals surface area contributed by atoms with Gasteiger partial charge in [0.25, 0.3) is 11.8 Å². The molecule has 0 radical (unpaired) electrons. The molecule has 0 aromatic heterocycles. The zero-order valence-corrected chi connectivity index (χ0v) is 23.4. The Morgan fingerprint density at radius 3 is 2.34 bits per heavy atom. The molecule has 1 aliphatic heterocycles. The van der Waals surface area contributed by atoms with E-state index in [-0.39, 0.29) is 5.57 Å². The highest BCUT2D eigenvalue weighted by atomic mass is 127. The van der Waals surface area contributed by atoms with Gasteiger partial charge < -0.3 is 14.2 Å². The summed E-state index contributed by atoms with van der Waals surface area (Å²) in [6, 6.07) is 17.2. The quantitative estimate of drug-likeness (QED) is 0.188. The van der Waals surface area contributed by atoms with Crippen LogP contribution in [0.15, 0.2) is 66.2 Å². The SMILES string of the molecule is CCOc1ccc(N2C(=O)NC(=O)/C(=C\c3cc(I)c(OCc4cccc(C)c4)c(OCC)c3)C2=O)cc1. The van der Waals surface area contributed by atoms with Gasteiger partial charge in [-0.15, -0.1) is 0 Å². The summed E-state index contributed by atoms with van der Waals surface area (Å²) < 4.78 is 18.1. The molecule has 8 nitrogen and oxygen atoms in total. The van der Waals surface area contributed by atoms with Crippen LogP contribution in [-0.4, -0.2) is 31.1 Å². The predicted molar refractivity (Wildman–Crippen MR) is 152 cm³/mol. The maximum Gasteiger partial charge on any atom is 0.335 e. The zero-order valence-electron chi connectivity index (χ0n) is 21.2. The fourth-order valence-electron chi connectivity index (χ4n) is 3.95. The third-order valence-electron chi connectivity index (χ3n) is 5.62. The number of amides is 4. The number of benzene rings is 3. The summed E-state index contributed by atoms with van der Waals surface area (Å²) in [4.78, 5) is 39.4. The Bertz CT molecular complexity index is 1400. The van der Waals surface area contributed by atoms with Crippen molar-refractivity contribution in [2.45, 2.75) is 27.4 Å². The van der Waals surface area contributed by atoms with E-state index in [9.17, 15) is 14.4 Å². The molecule has 4 amide bonds. The van der Waals surface area contributed by atoms with Crippen LogP contribution < -0.4 is 24.4 Å². The minimum absolute atomic E-state index is 0.176. The van der Waals surface area contributed by atoms with Crippen molar-refractivity contribution in [3.63, 3.8) is 0 Å². The van der Waals surface area contributed by atoms with E-state index in [2.05, 4.69) is 34.0 Å². The number of carbonyl (C=O) groups excluding carboxylic acids is 3. The van der Waals surface area contributed by atoms with Gasteiger partial charge in [0.1, 0.15) is 17.9 Å². The van der Waals surface area contributed by atoms with Crippen molar-refractivity contribution >= 4 is 52.2 Å². The molecule has 0 bridgehead atoms. The number of carbonyl (C=O) groups is 3. The monoisotopic (exact) mass is 626 g/mol. The molecule has 3 aromatic rings. The highest BCUT2D eigenvalue weighted by Crippen LogP contribution is 2.36. The summed E-state index contributed by atoms with van der Waals surface area (Å²) in [5.41, 5.74) is 2.86. The van der Waals surface area contributed by atoms with Gasteiger partial charge in [-0.25, -0.2) is 9.69 Å². The van der Waals surface area contributed by atoms with Gasteiger partial charge in [0.05, 0.1) is 22.5 Å². The number of hydrogen-bond acceptors (Lipinski definition) is 6. The lowest BCUT2D eigenvalue weighted by Crippen LogP contribution is -2.54. The number of aryl methyl sites for hydroxylation is 1.